The van der Waals surface area contributed by atoms with Crippen molar-refractivity contribution in [3.05, 3.63) is 29.8 Å². The Morgan fingerprint density at radius 2 is 1.69 bits per heavy atom. The van der Waals surface area contributed by atoms with Crippen molar-refractivity contribution in [3.8, 4) is 5.75 Å². The molecule has 1 aliphatic rings. The molecule has 4 amide bonds. The largest absolute Gasteiger partial charge is 0.497 e. The van der Waals surface area contributed by atoms with Crippen molar-refractivity contribution >= 4 is 17.8 Å². The van der Waals surface area contributed by atoms with Crippen molar-refractivity contribution in [2.24, 2.45) is 11.8 Å². The summed E-state index contributed by atoms with van der Waals surface area (Å²) in [6.45, 7) is 11.5. The zero-order chi connectivity index (χ0) is 23.9. The fourth-order valence-electron chi connectivity index (χ4n) is 3.61. The molecule has 178 valence electrons. The van der Waals surface area contributed by atoms with E-state index in [-0.39, 0.29) is 29.3 Å². The van der Waals surface area contributed by atoms with E-state index < -0.39 is 6.04 Å². The first-order chi connectivity index (χ1) is 15.0. The highest BCUT2D eigenvalue weighted by Crippen LogP contribution is 2.22. The van der Waals surface area contributed by atoms with E-state index in [0.29, 0.717) is 49.7 Å². The number of methoxy groups -OCH3 is 1. The van der Waals surface area contributed by atoms with Crippen molar-refractivity contribution in [1.29, 1.82) is 0 Å². The molecule has 8 heteroatoms. The molecular weight excluding hydrogens is 408 g/mol. The third kappa shape index (κ3) is 7.73. The van der Waals surface area contributed by atoms with Crippen LogP contribution in [0.5, 0.6) is 5.75 Å². The van der Waals surface area contributed by atoms with E-state index in [1.54, 1.807) is 36.3 Å². The van der Waals surface area contributed by atoms with Crippen molar-refractivity contribution in [1.82, 2.24) is 20.9 Å². The summed E-state index contributed by atoms with van der Waals surface area (Å²) in [6.07, 6.45) is 1.28. The molecule has 0 aromatic heterocycles. The van der Waals surface area contributed by atoms with Crippen LogP contribution in [0.1, 0.15) is 57.8 Å². The number of benzene rings is 1. The second-order valence-corrected chi connectivity index (χ2v) is 9.82. The zero-order valence-corrected chi connectivity index (χ0v) is 20.2. The number of nitrogens with zero attached hydrogens (tertiary/aromatic N) is 1. The highest BCUT2D eigenvalue weighted by Gasteiger charge is 2.34. The van der Waals surface area contributed by atoms with Gasteiger partial charge in [-0.1, -0.05) is 13.8 Å². The Labute approximate surface area is 191 Å². The first-order valence-corrected chi connectivity index (χ1v) is 11.3. The Morgan fingerprint density at radius 3 is 2.19 bits per heavy atom. The number of carbonyl (C=O) groups excluding carboxylic acids is 3. The number of amides is 4. The fraction of sp³-hybridized carbons (Fsp3) is 0.625. The Morgan fingerprint density at radius 1 is 1.09 bits per heavy atom. The van der Waals surface area contributed by atoms with Gasteiger partial charge in [0.25, 0.3) is 5.91 Å². The van der Waals surface area contributed by atoms with Crippen molar-refractivity contribution in [3.63, 3.8) is 0 Å². The molecule has 8 nitrogen and oxygen atoms in total. The quantitative estimate of drug-likeness (QED) is 0.600. The minimum atomic E-state index is -0.656. The highest BCUT2D eigenvalue weighted by atomic mass is 16.5. The molecule has 3 N–H and O–H groups in total. The minimum absolute atomic E-state index is 0.0527. The van der Waals surface area contributed by atoms with Crippen LogP contribution in [0, 0.1) is 11.8 Å². The van der Waals surface area contributed by atoms with E-state index in [9.17, 15) is 14.4 Å². The van der Waals surface area contributed by atoms with E-state index in [1.807, 2.05) is 34.6 Å². The average molecular weight is 447 g/mol. The maximum absolute atomic E-state index is 13.0. The lowest BCUT2D eigenvalue weighted by molar-refractivity contribution is -0.124. The van der Waals surface area contributed by atoms with Crippen LogP contribution < -0.4 is 20.7 Å². The third-order valence-corrected chi connectivity index (χ3v) is 5.39. The van der Waals surface area contributed by atoms with Gasteiger partial charge in [-0.25, -0.2) is 4.79 Å². The minimum Gasteiger partial charge on any atom is -0.497 e. The van der Waals surface area contributed by atoms with Gasteiger partial charge in [0, 0.05) is 30.7 Å². The number of ether oxygens (including phenoxy) is 1. The standard InChI is InChI=1S/C24H38N4O4/c1-16(2)15-25-22(30)20(26-21(29)18-7-9-19(32-6)10-8-18)17-11-13-28(14-12-17)23(31)27-24(3,4)5/h7-10,16-17,20H,11-15H2,1-6H3,(H,25,30)(H,26,29)(H,27,31)/t20-/m1/s1. The number of carbonyl (C=O) groups is 3. The molecule has 0 radical (unpaired) electrons. The number of piperidine rings is 1. The molecule has 1 aliphatic heterocycles. The second kappa shape index (κ2) is 11.2. The van der Waals surface area contributed by atoms with Gasteiger partial charge in [-0.15, -0.1) is 0 Å². The van der Waals surface area contributed by atoms with Crippen molar-refractivity contribution < 1.29 is 19.1 Å². The maximum atomic E-state index is 13.0. The van der Waals surface area contributed by atoms with Crippen molar-refractivity contribution in [2.45, 2.75) is 59.0 Å². The average Bonchev–Trinajstić information content (AvgIpc) is 2.74. The smallest absolute Gasteiger partial charge is 0.317 e. The van der Waals surface area contributed by atoms with Crippen LogP contribution in [0.15, 0.2) is 24.3 Å². The van der Waals surface area contributed by atoms with Gasteiger partial charge < -0.3 is 25.6 Å². The van der Waals surface area contributed by atoms with Gasteiger partial charge in [0.15, 0.2) is 0 Å². The van der Waals surface area contributed by atoms with Gasteiger partial charge in [0.05, 0.1) is 7.11 Å². The van der Waals surface area contributed by atoms with Crippen LogP contribution in [-0.4, -0.2) is 61.1 Å². The predicted octanol–water partition coefficient (Wildman–Crippen LogP) is 2.79. The van der Waals surface area contributed by atoms with E-state index in [0.717, 1.165) is 0 Å². The molecule has 1 aromatic carbocycles. The zero-order valence-electron chi connectivity index (χ0n) is 20.2. The predicted molar refractivity (Wildman–Crippen MR) is 125 cm³/mol. The topological polar surface area (TPSA) is 99.8 Å². The second-order valence-electron chi connectivity index (χ2n) is 9.82. The number of hydrogen-bond donors (Lipinski definition) is 3. The summed E-state index contributed by atoms with van der Waals surface area (Å²) in [5.41, 5.74) is 0.161. The molecular formula is C24H38N4O4. The lowest BCUT2D eigenvalue weighted by Crippen LogP contribution is -2.56. The lowest BCUT2D eigenvalue weighted by atomic mass is 9.88. The Hall–Kier alpha value is -2.77. The van der Waals surface area contributed by atoms with Crippen LogP contribution in [0.2, 0.25) is 0 Å². The highest BCUT2D eigenvalue weighted by molar-refractivity contribution is 5.97. The monoisotopic (exact) mass is 446 g/mol. The van der Waals surface area contributed by atoms with Gasteiger partial charge in [0.1, 0.15) is 11.8 Å². The lowest BCUT2D eigenvalue weighted by Gasteiger charge is -2.37. The molecule has 2 rings (SSSR count). The third-order valence-electron chi connectivity index (χ3n) is 5.39. The van der Waals surface area contributed by atoms with Gasteiger partial charge in [-0.05, 0) is 69.7 Å². The normalized spacial score (nSPS) is 15.8. The van der Waals surface area contributed by atoms with Crippen LogP contribution in [0.3, 0.4) is 0 Å². The molecule has 1 saturated heterocycles. The van der Waals surface area contributed by atoms with Crippen LogP contribution in [0.4, 0.5) is 4.79 Å². The molecule has 1 atom stereocenters. The first kappa shape index (κ1) is 25.5. The van der Waals surface area contributed by atoms with Gasteiger partial charge >= 0.3 is 6.03 Å². The Balaban J connectivity index is 2.07. The summed E-state index contributed by atoms with van der Waals surface area (Å²) in [6, 6.07) is 6.03. The summed E-state index contributed by atoms with van der Waals surface area (Å²) in [4.78, 5) is 40.1. The molecule has 1 fully saturated rings. The first-order valence-electron chi connectivity index (χ1n) is 11.3. The van der Waals surface area contributed by atoms with Gasteiger partial charge in [0.2, 0.25) is 5.91 Å². The number of likely N-dealkylation sites (tertiary alicyclic amines) is 1. The number of hydrogen-bond acceptors (Lipinski definition) is 4. The summed E-state index contributed by atoms with van der Waals surface area (Å²) in [7, 11) is 1.57. The number of nitrogens with one attached hydrogen (secondary N) is 3. The number of rotatable bonds is 7. The molecule has 0 aliphatic carbocycles. The molecule has 0 saturated carbocycles. The summed E-state index contributed by atoms with van der Waals surface area (Å²) in [5, 5.41) is 8.87. The molecule has 0 unspecified atom stereocenters. The molecule has 1 aromatic rings. The molecule has 32 heavy (non-hydrogen) atoms. The summed E-state index contributed by atoms with van der Waals surface area (Å²) >= 11 is 0. The van der Waals surface area contributed by atoms with Crippen molar-refractivity contribution in [2.75, 3.05) is 26.7 Å². The summed E-state index contributed by atoms with van der Waals surface area (Å²) < 4.78 is 5.14. The van der Waals surface area contributed by atoms with Gasteiger partial charge in [-0.3, -0.25) is 9.59 Å². The van der Waals surface area contributed by atoms with Crippen LogP contribution >= 0.6 is 0 Å². The maximum Gasteiger partial charge on any atom is 0.317 e. The SMILES string of the molecule is COc1ccc(C(=O)N[C@@H](C(=O)NCC(C)C)C2CCN(C(=O)NC(C)(C)C)CC2)cc1. The summed E-state index contributed by atoms with van der Waals surface area (Å²) in [5.74, 6) is 0.431. The van der Waals surface area contributed by atoms with E-state index in [2.05, 4.69) is 16.0 Å². The van der Waals surface area contributed by atoms with Crippen LogP contribution in [-0.2, 0) is 4.79 Å². The van der Waals surface area contributed by atoms with Gasteiger partial charge in [-0.2, -0.15) is 0 Å². The van der Waals surface area contributed by atoms with E-state index in [4.69, 9.17) is 4.74 Å². The molecule has 1 heterocycles. The Kier molecular flexibility index (Phi) is 8.92. The Bertz CT molecular complexity index is 778. The van der Waals surface area contributed by atoms with E-state index in [1.165, 1.54) is 0 Å². The molecule has 0 spiro atoms. The van der Waals surface area contributed by atoms with Crippen LogP contribution in [0.25, 0.3) is 0 Å². The number of urea groups is 1. The van der Waals surface area contributed by atoms with E-state index >= 15 is 0 Å². The fourth-order valence-corrected chi connectivity index (χ4v) is 3.61. The molecule has 0 bridgehead atoms.